The number of nitrogens with zero attached hydrogens (tertiary/aromatic N) is 2. The highest BCUT2D eigenvalue weighted by Gasteiger charge is 2.20. The van der Waals surface area contributed by atoms with E-state index in [9.17, 15) is 9.90 Å². The topological polar surface area (TPSA) is 53.0 Å². The van der Waals surface area contributed by atoms with E-state index in [0.717, 1.165) is 30.7 Å². The molecule has 1 aliphatic heterocycles. The van der Waals surface area contributed by atoms with E-state index >= 15 is 0 Å². The summed E-state index contributed by atoms with van der Waals surface area (Å²) in [5.41, 5.74) is 0.676. The van der Waals surface area contributed by atoms with Crippen LogP contribution in [0.25, 0.3) is 0 Å². The summed E-state index contributed by atoms with van der Waals surface area (Å²) in [5, 5.41) is 9.77. The van der Waals surface area contributed by atoms with E-state index in [1.807, 2.05) is 11.0 Å². The highest BCUT2D eigenvalue weighted by Crippen LogP contribution is 2.28. The molecular weight excluding hydrogens is 336 g/mol. The van der Waals surface area contributed by atoms with Crippen molar-refractivity contribution in [2.75, 3.05) is 39.8 Å². The second kappa shape index (κ2) is 7.24. The zero-order valence-corrected chi connectivity index (χ0v) is 14.0. The lowest BCUT2D eigenvalue weighted by Gasteiger charge is -2.32. The van der Waals surface area contributed by atoms with Crippen LogP contribution in [0.15, 0.2) is 22.7 Å². The van der Waals surface area contributed by atoms with Crippen LogP contribution in [0.1, 0.15) is 18.6 Å². The Kier molecular flexibility index (Phi) is 5.61. The fourth-order valence-electron chi connectivity index (χ4n) is 2.26. The van der Waals surface area contributed by atoms with Gasteiger partial charge in [0.2, 0.25) is 0 Å². The van der Waals surface area contributed by atoms with Crippen molar-refractivity contribution in [3.63, 3.8) is 0 Å². The van der Waals surface area contributed by atoms with Gasteiger partial charge in [-0.15, -0.1) is 0 Å². The van der Waals surface area contributed by atoms with E-state index < -0.39 is 6.10 Å². The molecule has 0 bridgehead atoms. The molecule has 1 saturated heterocycles. The summed E-state index contributed by atoms with van der Waals surface area (Å²) < 4.78 is 6.48. The molecule has 1 unspecified atom stereocenters. The van der Waals surface area contributed by atoms with Crippen molar-refractivity contribution in [1.82, 2.24) is 9.80 Å². The van der Waals surface area contributed by atoms with Gasteiger partial charge in [0.15, 0.2) is 6.61 Å². The molecule has 0 radical (unpaired) electrons. The Bertz CT molecular complexity index is 500. The Balaban J connectivity index is 1.95. The van der Waals surface area contributed by atoms with Gasteiger partial charge in [-0.25, -0.2) is 0 Å². The summed E-state index contributed by atoms with van der Waals surface area (Å²) in [6, 6.07) is 5.41. The fraction of sp³-hybridized carbons (Fsp3) is 0.533. The highest BCUT2D eigenvalue weighted by atomic mass is 79.9. The third-order valence-corrected chi connectivity index (χ3v) is 4.12. The second-order valence-electron chi connectivity index (χ2n) is 5.33. The van der Waals surface area contributed by atoms with Crippen molar-refractivity contribution >= 4 is 21.8 Å². The van der Waals surface area contributed by atoms with Gasteiger partial charge in [-0.1, -0.05) is 15.9 Å². The van der Waals surface area contributed by atoms with E-state index in [4.69, 9.17) is 4.74 Å². The van der Waals surface area contributed by atoms with Gasteiger partial charge < -0.3 is 19.6 Å². The Morgan fingerprint density at radius 1 is 1.38 bits per heavy atom. The third-order valence-electron chi connectivity index (χ3n) is 3.63. The Morgan fingerprint density at radius 3 is 2.67 bits per heavy atom. The van der Waals surface area contributed by atoms with E-state index in [1.54, 1.807) is 19.1 Å². The quantitative estimate of drug-likeness (QED) is 0.891. The first kappa shape index (κ1) is 16.3. The maximum Gasteiger partial charge on any atom is 0.260 e. The molecule has 2 rings (SSSR count). The first-order valence-corrected chi connectivity index (χ1v) is 7.83. The lowest BCUT2D eigenvalue weighted by molar-refractivity contribution is -0.134. The molecule has 0 aliphatic carbocycles. The summed E-state index contributed by atoms with van der Waals surface area (Å²) >= 11 is 3.37. The lowest BCUT2D eigenvalue weighted by atomic mass is 10.1. The minimum absolute atomic E-state index is 0.00503. The standard InChI is InChI=1S/C15H21BrN2O3/c1-11(19)13-9-12(16)3-4-14(13)21-10-15(20)18-7-5-17(2)6-8-18/h3-4,9,11,19H,5-8,10H2,1-2H3. The van der Waals surface area contributed by atoms with Crippen LogP contribution in [0.4, 0.5) is 0 Å². The number of amides is 1. The first-order valence-electron chi connectivity index (χ1n) is 7.04. The summed E-state index contributed by atoms with van der Waals surface area (Å²) in [7, 11) is 2.05. The van der Waals surface area contributed by atoms with Gasteiger partial charge >= 0.3 is 0 Å². The summed E-state index contributed by atoms with van der Waals surface area (Å²) in [6.45, 7) is 4.94. The minimum atomic E-state index is -0.642. The van der Waals surface area contributed by atoms with Crippen LogP contribution >= 0.6 is 15.9 Å². The van der Waals surface area contributed by atoms with Crippen molar-refractivity contribution in [3.8, 4) is 5.75 Å². The van der Waals surface area contributed by atoms with Crippen LogP contribution in [-0.2, 0) is 4.79 Å². The molecule has 116 valence electrons. The molecule has 0 aromatic heterocycles. The molecule has 1 aliphatic rings. The molecule has 1 fully saturated rings. The number of piperazine rings is 1. The zero-order valence-electron chi connectivity index (χ0n) is 12.4. The van der Waals surface area contributed by atoms with Crippen molar-refractivity contribution in [2.24, 2.45) is 0 Å². The van der Waals surface area contributed by atoms with E-state index in [0.29, 0.717) is 11.3 Å². The van der Waals surface area contributed by atoms with Crippen molar-refractivity contribution in [2.45, 2.75) is 13.0 Å². The number of carbonyl (C=O) groups is 1. The minimum Gasteiger partial charge on any atom is -0.483 e. The van der Waals surface area contributed by atoms with Gasteiger partial charge in [-0.3, -0.25) is 4.79 Å². The molecule has 1 atom stereocenters. The fourth-order valence-corrected chi connectivity index (χ4v) is 2.64. The maximum atomic E-state index is 12.1. The monoisotopic (exact) mass is 356 g/mol. The predicted molar refractivity (Wildman–Crippen MR) is 84.3 cm³/mol. The van der Waals surface area contributed by atoms with Crippen molar-refractivity contribution in [1.29, 1.82) is 0 Å². The number of hydrogen-bond acceptors (Lipinski definition) is 4. The summed E-state index contributed by atoms with van der Waals surface area (Å²) in [6.07, 6.45) is -0.642. The number of carbonyl (C=O) groups excluding carboxylic acids is 1. The Morgan fingerprint density at radius 2 is 2.05 bits per heavy atom. The Labute approximate surface area is 133 Å². The number of aliphatic hydroxyl groups is 1. The normalized spacial score (nSPS) is 17.6. The molecule has 1 heterocycles. The molecule has 1 aromatic carbocycles. The average Bonchev–Trinajstić information content (AvgIpc) is 2.46. The number of ether oxygens (including phenoxy) is 1. The first-order chi connectivity index (χ1) is 9.97. The van der Waals surface area contributed by atoms with Gasteiger partial charge in [0, 0.05) is 36.2 Å². The number of aliphatic hydroxyl groups excluding tert-OH is 1. The van der Waals surface area contributed by atoms with Crippen molar-refractivity contribution in [3.05, 3.63) is 28.2 Å². The number of benzene rings is 1. The van der Waals surface area contributed by atoms with Crippen molar-refractivity contribution < 1.29 is 14.6 Å². The van der Waals surface area contributed by atoms with Gasteiger partial charge in [0.25, 0.3) is 5.91 Å². The summed E-state index contributed by atoms with van der Waals surface area (Å²) in [4.78, 5) is 16.2. The molecule has 1 aromatic rings. The van der Waals surface area contributed by atoms with Crippen LogP contribution in [0.3, 0.4) is 0 Å². The third kappa shape index (κ3) is 4.43. The van der Waals surface area contributed by atoms with Gasteiger partial charge in [0.05, 0.1) is 6.10 Å². The summed E-state index contributed by atoms with van der Waals surface area (Å²) in [5.74, 6) is 0.540. The van der Waals surface area contributed by atoms with Crippen LogP contribution in [0.2, 0.25) is 0 Å². The largest absolute Gasteiger partial charge is 0.483 e. The Hall–Kier alpha value is -1.11. The van der Waals surface area contributed by atoms with E-state index in [2.05, 4.69) is 27.9 Å². The number of rotatable bonds is 4. The lowest BCUT2D eigenvalue weighted by Crippen LogP contribution is -2.48. The van der Waals surface area contributed by atoms with Crippen LogP contribution in [0.5, 0.6) is 5.75 Å². The second-order valence-corrected chi connectivity index (χ2v) is 6.25. The molecule has 1 amide bonds. The number of likely N-dealkylation sites (N-methyl/N-ethyl adjacent to an activating group) is 1. The van der Waals surface area contributed by atoms with Gasteiger partial charge in [0.1, 0.15) is 5.75 Å². The molecule has 0 spiro atoms. The predicted octanol–water partition coefficient (Wildman–Crippen LogP) is 1.66. The highest BCUT2D eigenvalue weighted by molar-refractivity contribution is 9.10. The molecule has 0 saturated carbocycles. The van der Waals surface area contributed by atoms with Gasteiger partial charge in [-0.05, 0) is 32.2 Å². The molecule has 6 heteroatoms. The van der Waals surface area contributed by atoms with Crippen LogP contribution in [-0.4, -0.2) is 60.6 Å². The smallest absolute Gasteiger partial charge is 0.260 e. The molecule has 5 nitrogen and oxygen atoms in total. The van der Waals surface area contributed by atoms with Crippen LogP contribution in [0, 0.1) is 0 Å². The molecule has 21 heavy (non-hydrogen) atoms. The zero-order chi connectivity index (χ0) is 15.4. The molecule has 1 N–H and O–H groups in total. The molecular formula is C15H21BrN2O3. The SMILES string of the molecule is CC(O)c1cc(Br)ccc1OCC(=O)N1CCN(C)CC1. The van der Waals surface area contributed by atoms with Gasteiger partial charge in [-0.2, -0.15) is 0 Å². The van der Waals surface area contributed by atoms with E-state index in [1.165, 1.54) is 0 Å². The number of hydrogen-bond donors (Lipinski definition) is 1. The maximum absolute atomic E-state index is 12.1. The number of halogens is 1. The average molecular weight is 357 g/mol. The van der Waals surface area contributed by atoms with E-state index in [-0.39, 0.29) is 12.5 Å². The van der Waals surface area contributed by atoms with Crippen LogP contribution < -0.4 is 4.74 Å².